The summed E-state index contributed by atoms with van der Waals surface area (Å²) in [5.41, 5.74) is 1.91. The second-order valence-corrected chi connectivity index (χ2v) is 8.73. The molecule has 184 valence electrons. The zero-order valence-corrected chi connectivity index (χ0v) is 21.0. The van der Waals surface area contributed by atoms with Gasteiger partial charge in [-0.05, 0) is 42.7 Å². The van der Waals surface area contributed by atoms with Crippen LogP contribution in [0.2, 0.25) is 5.02 Å². The Morgan fingerprint density at radius 2 is 1.85 bits per heavy atom. The molecule has 34 heavy (non-hydrogen) atoms. The molecule has 1 N–H and O–H groups in total. The fourth-order valence-electron chi connectivity index (χ4n) is 3.81. The van der Waals surface area contributed by atoms with Crippen LogP contribution in [0.5, 0.6) is 0 Å². The summed E-state index contributed by atoms with van der Waals surface area (Å²) in [6.45, 7) is 6.17. The minimum Gasteiger partial charge on any atom is -0.388 e. The molecule has 2 rings (SSSR count). The Hall–Kier alpha value is -2.97. The molecule has 7 nitrogen and oxygen atoms in total. The highest BCUT2D eigenvalue weighted by Gasteiger charge is 2.25. The van der Waals surface area contributed by atoms with Crippen LogP contribution in [0.25, 0.3) is 0 Å². The lowest BCUT2D eigenvalue weighted by atomic mass is 9.85. The van der Waals surface area contributed by atoms with E-state index in [0.717, 1.165) is 5.69 Å². The van der Waals surface area contributed by atoms with Crippen LogP contribution < -0.4 is 9.91 Å². The molecule has 0 fully saturated rings. The number of para-hydroxylation sites is 1. The standard InChI is InChI=1S/C25H32ClFN4O3/c1-6-31(16-34)25(15-33)28-30(5)24-12-19(18(14-32)11-22(24)27)20(17(2)3)13-29(4)23-10-8-7-9-21(23)26/h7-12,14,16-17,20,33H,6,13,15H2,1-5H3/b28-25-. The number of hydrazone groups is 1. The summed E-state index contributed by atoms with van der Waals surface area (Å²) in [6.07, 6.45) is 1.21. The lowest BCUT2D eigenvalue weighted by Gasteiger charge is -2.31. The number of likely N-dealkylation sites (N-methyl/N-ethyl adjacent to an activating group) is 2. The predicted octanol–water partition coefficient (Wildman–Crippen LogP) is 4.39. The molecule has 0 aromatic heterocycles. The van der Waals surface area contributed by atoms with Gasteiger partial charge in [0.15, 0.2) is 5.84 Å². The first-order chi connectivity index (χ1) is 16.2. The number of anilines is 2. The molecule has 0 aliphatic heterocycles. The largest absolute Gasteiger partial charge is 0.388 e. The molecular formula is C25H32ClFN4O3. The van der Waals surface area contributed by atoms with E-state index in [2.05, 4.69) is 5.10 Å². The number of carbonyl (C=O) groups is 2. The molecule has 0 spiro atoms. The summed E-state index contributed by atoms with van der Waals surface area (Å²) in [7, 11) is 3.45. The van der Waals surface area contributed by atoms with Crippen LogP contribution in [0.4, 0.5) is 15.8 Å². The summed E-state index contributed by atoms with van der Waals surface area (Å²) >= 11 is 6.37. The number of rotatable bonds is 11. The molecule has 2 aromatic carbocycles. The predicted molar refractivity (Wildman–Crippen MR) is 135 cm³/mol. The summed E-state index contributed by atoms with van der Waals surface area (Å²) in [4.78, 5) is 26.4. The molecule has 0 bridgehead atoms. The Morgan fingerprint density at radius 3 is 2.38 bits per heavy atom. The highest BCUT2D eigenvalue weighted by molar-refractivity contribution is 6.33. The van der Waals surface area contributed by atoms with Crippen molar-refractivity contribution >= 4 is 41.5 Å². The maximum atomic E-state index is 15.0. The van der Waals surface area contributed by atoms with E-state index in [1.807, 2.05) is 50.1 Å². The van der Waals surface area contributed by atoms with Crippen molar-refractivity contribution < 1.29 is 19.1 Å². The molecule has 0 heterocycles. The molecule has 1 unspecified atom stereocenters. The van der Waals surface area contributed by atoms with E-state index in [0.29, 0.717) is 36.4 Å². The number of aliphatic hydroxyl groups is 1. The Labute approximate surface area is 205 Å². The lowest BCUT2D eigenvalue weighted by Crippen LogP contribution is -2.34. The van der Waals surface area contributed by atoms with Crippen molar-refractivity contribution in [3.05, 3.63) is 58.4 Å². The van der Waals surface area contributed by atoms with Crippen molar-refractivity contribution in [3.63, 3.8) is 0 Å². The van der Waals surface area contributed by atoms with Gasteiger partial charge in [0.25, 0.3) is 0 Å². The maximum Gasteiger partial charge on any atom is 0.215 e. The lowest BCUT2D eigenvalue weighted by molar-refractivity contribution is -0.114. The fourth-order valence-corrected chi connectivity index (χ4v) is 4.09. The van der Waals surface area contributed by atoms with Gasteiger partial charge < -0.3 is 10.0 Å². The van der Waals surface area contributed by atoms with Crippen LogP contribution in [0.1, 0.15) is 42.6 Å². The van der Waals surface area contributed by atoms with Gasteiger partial charge in [-0.15, -0.1) is 0 Å². The number of hydrogen-bond acceptors (Lipinski definition) is 6. The number of benzene rings is 2. The van der Waals surface area contributed by atoms with Crippen LogP contribution in [-0.2, 0) is 4.79 Å². The molecule has 1 amide bonds. The van der Waals surface area contributed by atoms with Gasteiger partial charge in [-0.1, -0.05) is 37.6 Å². The van der Waals surface area contributed by atoms with E-state index < -0.39 is 12.4 Å². The third-order valence-corrected chi connectivity index (χ3v) is 6.09. The van der Waals surface area contributed by atoms with Gasteiger partial charge in [-0.2, -0.15) is 5.10 Å². The molecular weight excluding hydrogens is 459 g/mol. The van der Waals surface area contributed by atoms with Gasteiger partial charge in [0, 0.05) is 38.7 Å². The number of amides is 1. The number of aldehydes is 1. The Morgan fingerprint density at radius 1 is 1.18 bits per heavy atom. The average molecular weight is 491 g/mol. The molecule has 0 saturated heterocycles. The monoisotopic (exact) mass is 490 g/mol. The molecule has 0 aliphatic carbocycles. The van der Waals surface area contributed by atoms with E-state index in [-0.39, 0.29) is 28.9 Å². The average Bonchev–Trinajstić information content (AvgIpc) is 2.82. The summed E-state index contributed by atoms with van der Waals surface area (Å²) in [6, 6.07) is 10.3. The second-order valence-electron chi connectivity index (χ2n) is 8.32. The highest BCUT2D eigenvalue weighted by atomic mass is 35.5. The van der Waals surface area contributed by atoms with Gasteiger partial charge in [0.1, 0.15) is 18.7 Å². The first kappa shape index (κ1) is 27.3. The van der Waals surface area contributed by atoms with Crippen molar-refractivity contribution in [1.82, 2.24) is 4.90 Å². The minimum atomic E-state index is -0.634. The van der Waals surface area contributed by atoms with Gasteiger partial charge in [-0.25, -0.2) is 4.39 Å². The van der Waals surface area contributed by atoms with Gasteiger partial charge in [-0.3, -0.25) is 19.5 Å². The summed E-state index contributed by atoms with van der Waals surface area (Å²) in [5.74, 6) is -0.559. The number of carbonyl (C=O) groups excluding carboxylic acids is 2. The van der Waals surface area contributed by atoms with Crippen molar-refractivity contribution in [2.75, 3.05) is 43.7 Å². The molecule has 2 aromatic rings. The molecule has 0 radical (unpaired) electrons. The van der Waals surface area contributed by atoms with Crippen LogP contribution in [0.3, 0.4) is 0 Å². The summed E-state index contributed by atoms with van der Waals surface area (Å²) < 4.78 is 15.0. The number of hydrogen-bond donors (Lipinski definition) is 1. The third-order valence-electron chi connectivity index (χ3n) is 5.77. The Balaban J connectivity index is 2.52. The van der Waals surface area contributed by atoms with Crippen molar-refractivity contribution in [3.8, 4) is 0 Å². The third kappa shape index (κ3) is 6.33. The van der Waals surface area contributed by atoms with E-state index in [9.17, 15) is 19.1 Å². The normalized spacial score (nSPS) is 12.4. The molecule has 0 aliphatic rings. The van der Waals surface area contributed by atoms with Crippen molar-refractivity contribution in [1.29, 1.82) is 0 Å². The van der Waals surface area contributed by atoms with E-state index >= 15 is 0 Å². The SMILES string of the molecule is CCN(C=O)/C(CO)=N\N(C)c1cc(C(CN(C)c2ccccc2Cl)C(C)C)c(C=O)cc1F. The van der Waals surface area contributed by atoms with Gasteiger partial charge >= 0.3 is 0 Å². The minimum absolute atomic E-state index is 0.0827. The second kappa shape index (κ2) is 12.5. The summed E-state index contributed by atoms with van der Waals surface area (Å²) in [5, 5.41) is 15.7. The van der Waals surface area contributed by atoms with Crippen molar-refractivity contribution in [2.45, 2.75) is 26.7 Å². The van der Waals surface area contributed by atoms with E-state index in [4.69, 9.17) is 11.6 Å². The number of nitrogens with zero attached hydrogens (tertiary/aromatic N) is 4. The van der Waals surface area contributed by atoms with E-state index in [1.165, 1.54) is 23.0 Å². The Bertz CT molecular complexity index is 1030. The van der Waals surface area contributed by atoms with Crippen LogP contribution in [-0.4, -0.2) is 62.3 Å². The smallest absolute Gasteiger partial charge is 0.215 e. The highest BCUT2D eigenvalue weighted by Crippen LogP contribution is 2.34. The Kier molecular flexibility index (Phi) is 10.0. The van der Waals surface area contributed by atoms with Gasteiger partial charge in [0.05, 0.1) is 16.4 Å². The molecule has 1 atom stereocenters. The zero-order chi connectivity index (χ0) is 25.4. The van der Waals surface area contributed by atoms with Crippen LogP contribution >= 0.6 is 11.6 Å². The number of amidine groups is 1. The van der Waals surface area contributed by atoms with Crippen LogP contribution in [0.15, 0.2) is 41.5 Å². The van der Waals surface area contributed by atoms with Gasteiger partial charge in [0.2, 0.25) is 6.41 Å². The topological polar surface area (TPSA) is 76.5 Å². The first-order valence-corrected chi connectivity index (χ1v) is 11.4. The fraction of sp³-hybridized carbons (Fsp3) is 0.400. The molecule has 9 heteroatoms. The van der Waals surface area contributed by atoms with Crippen molar-refractivity contribution in [2.24, 2.45) is 11.0 Å². The first-order valence-electron chi connectivity index (χ1n) is 11.1. The quantitative estimate of drug-likeness (QED) is 0.219. The zero-order valence-electron chi connectivity index (χ0n) is 20.2. The number of aliphatic hydroxyl groups excluding tert-OH is 1. The van der Waals surface area contributed by atoms with E-state index in [1.54, 1.807) is 13.0 Å². The van der Waals surface area contributed by atoms with Crippen LogP contribution in [0, 0.1) is 11.7 Å². The number of halogens is 2. The maximum absolute atomic E-state index is 15.0. The molecule has 0 saturated carbocycles.